The summed E-state index contributed by atoms with van der Waals surface area (Å²) < 4.78 is 79.2. The lowest BCUT2D eigenvalue weighted by Crippen LogP contribution is -2.68. The van der Waals surface area contributed by atoms with Crippen molar-refractivity contribution < 1.29 is 84.2 Å². The van der Waals surface area contributed by atoms with Gasteiger partial charge in [-0.1, -0.05) is 91.2 Å². The maximum Gasteiger partial charge on any atom is 0.397 e. The molecule has 4 aliphatic carbocycles. The second-order valence-corrected chi connectivity index (χ2v) is 32.3. The molecule has 7 fully saturated rings. The molecule has 2 bridgehead atoms. The SMILES string of the molecule is CCC[C@H]1C(=O)N[C@@H]([C@@H](C)CC)C(=O)N(C)CC(=O)N(C)[C@H]2C/C=C\CCN(C2=O)[C@@H](CC2CCC(C)CC2)C(=O)N(C)CC(=O)N[C@@H](CCC2CC(F)C(C(F)(F)F)C(F)C2)C(=O)N2C[C@H](OCC)C[C@H]2C(=O)N(C)C2(CCC2)C(=O)N(C)[C@@H](C2CCCC2)C(=O)N(C)[C@H](C(=O)N2CCCC2)CC(=O)N1C. The number of likely N-dealkylation sites (N-methyl/N-ethyl adjacent to an activating group) is 7. The first-order valence-electron chi connectivity index (χ1n) is 39.5. The number of ether oxygens (including phenoxy) is 1. The Kier molecular flexibility index (Phi) is 30.1. The van der Waals surface area contributed by atoms with E-state index in [4.69, 9.17) is 4.74 Å². The van der Waals surface area contributed by atoms with Crippen molar-refractivity contribution in [2.45, 2.75) is 274 Å². The molecule has 12 amide bonds. The van der Waals surface area contributed by atoms with E-state index in [-0.39, 0.29) is 77.0 Å². The monoisotopic (exact) mass is 1520 g/mol. The van der Waals surface area contributed by atoms with Crippen molar-refractivity contribution in [1.82, 2.24) is 59.6 Å². The number of hydrogen-bond donors (Lipinski definition) is 2. The van der Waals surface area contributed by atoms with Gasteiger partial charge in [0, 0.05) is 88.5 Å². The predicted molar refractivity (Wildman–Crippen MR) is 388 cm³/mol. The van der Waals surface area contributed by atoms with Crippen molar-refractivity contribution >= 4 is 70.9 Å². The highest BCUT2D eigenvalue weighted by Gasteiger charge is 2.58. The number of halogens is 5. The van der Waals surface area contributed by atoms with Crippen molar-refractivity contribution in [1.29, 1.82) is 0 Å². The molecule has 8 rings (SSSR count). The lowest BCUT2D eigenvalue weighted by atomic mass is 9.73. The maximum atomic E-state index is 15.8. The second kappa shape index (κ2) is 37.6. The fourth-order valence-electron chi connectivity index (χ4n) is 18.0. The molecule has 30 heteroatoms. The molecule has 0 aromatic heterocycles. The predicted octanol–water partition coefficient (Wildman–Crippen LogP) is 6.44. The molecule has 4 aliphatic heterocycles. The number of rotatable bonds is 13. The van der Waals surface area contributed by atoms with E-state index in [0.29, 0.717) is 83.2 Å². The van der Waals surface area contributed by atoms with E-state index in [1.54, 1.807) is 24.8 Å². The Labute approximate surface area is 628 Å². The Morgan fingerprint density at radius 3 is 1.85 bits per heavy atom. The van der Waals surface area contributed by atoms with Crippen LogP contribution in [0.2, 0.25) is 0 Å². The first-order chi connectivity index (χ1) is 50.6. The van der Waals surface area contributed by atoms with Crippen LogP contribution in [0.4, 0.5) is 22.0 Å². The fourth-order valence-corrected chi connectivity index (χ4v) is 18.0. The minimum absolute atomic E-state index is 0.0191. The quantitative estimate of drug-likeness (QED) is 0.149. The van der Waals surface area contributed by atoms with Crippen LogP contribution < -0.4 is 10.6 Å². The molecule has 1 spiro atoms. The average Bonchev–Trinajstić information content (AvgIpc) is 1.68. The molecule has 107 heavy (non-hydrogen) atoms. The summed E-state index contributed by atoms with van der Waals surface area (Å²) in [5.41, 5.74) is -1.59. The van der Waals surface area contributed by atoms with E-state index in [1.807, 2.05) is 19.9 Å². The molecule has 2 unspecified atom stereocenters. The van der Waals surface area contributed by atoms with E-state index >= 15 is 42.3 Å². The Bertz CT molecular complexity index is 3190. The van der Waals surface area contributed by atoms with Crippen molar-refractivity contribution in [3.05, 3.63) is 12.2 Å². The zero-order chi connectivity index (χ0) is 78.7. The molecule has 602 valence electrons. The Morgan fingerprint density at radius 1 is 0.626 bits per heavy atom. The topological polar surface area (TPSA) is 271 Å². The van der Waals surface area contributed by atoms with Crippen LogP contribution in [0.5, 0.6) is 0 Å². The molecule has 2 N–H and O–H groups in total. The number of nitrogens with one attached hydrogen (secondary N) is 2. The minimum atomic E-state index is -5.17. The van der Waals surface area contributed by atoms with Gasteiger partial charge in [-0.25, -0.2) is 8.78 Å². The van der Waals surface area contributed by atoms with Gasteiger partial charge in [-0.3, -0.25) is 57.5 Å². The highest BCUT2D eigenvalue weighted by Crippen LogP contribution is 2.46. The summed E-state index contributed by atoms with van der Waals surface area (Å²) in [6.45, 7) is 8.65. The summed E-state index contributed by atoms with van der Waals surface area (Å²) >= 11 is 0. The Morgan fingerprint density at radius 2 is 1.26 bits per heavy atom. The van der Waals surface area contributed by atoms with Crippen molar-refractivity contribution in [3.8, 4) is 0 Å². The van der Waals surface area contributed by atoms with Crippen LogP contribution in [0.3, 0.4) is 0 Å². The van der Waals surface area contributed by atoms with Crippen LogP contribution in [-0.2, 0) is 62.3 Å². The molecule has 0 aromatic carbocycles. The molecule has 25 nitrogen and oxygen atoms in total. The molecule has 4 saturated carbocycles. The van der Waals surface area contributed by atoms with Crippen LogP contribution in [-0.4, -0.2) is 294 Å². The summed E-state index contributed by atoms with van der Waals surface area (Å²) in [5, 5.41) is 5.66. The van der Waals surface area contributed by atoms with Gasteiger partial charge >= 0.3 is 6.18 Å². The summed E-state index contributed by atoms with van der Waals surface area (Å²) in [4.78, 5) is 196. The van der Waals surface area contributed by atoms with Gasteiger partial charge in [0.1, 0.15) is 72.1 Å². The van der Waals surface area contributed by atoms with Gasteiger partial charge in [-0.2, -0.15) is 13.2 Å². The zero-order valence-electron chi connectivity index (χ0n) is 65.3. The van der Waals surface area contributed by atoms with Gasteiger partial charge in [0.2, 0.25) is 70.9 Å². The number of carbonyl (C=O) groups excluding carboxylic acids is 12. The molecular formula is C77H121F5N12O13. The van der Waals surface area contributed by atoms with E-state index in [9.17, 15) is 37.1 Å². The lowest BCUT2D eigenvalue weighted by Gasteiger charge is -2.51. The van der Waals surface area contributed by atoms with E-state index < -0.39 is 205 Å². The van der Waals surface area contributed by atoms with Gasteiger partial charge in [-0.05, 0) is 133 Å². The highest BCUT2D eigenvalue weighted by atomic mass is 19.4. The molecular weight excluding hydrogens is 1400 g/mol. The number of fused-ring (bicyclic) bond motifs is 3. The standard InChI is InChI=1S/C77H121F5N12O13/c1-13-24-56-67(98)84-65(48(5)14-2)73(104)86(7)46-63(97)88(9)57-27-17-16-20-38-93(72(57)103)59(41-49-30-28-47(4)29-31-49)69(100)85(6)45-61(95)83-55(33-32-50-39-53(78)64(54(79)40-50)77(80,81)82)68(99)94-44-52(107-15-3)42-60(94)70(101)91(12)76(34-23-35-76)75(106)90(11)66(51-25-18-19-26-51)74(105)89(10)58(43-62(96)87(56)8)71(102)92-36-21-22-37-92/h16-17,47-60,64-66H,13-15,18-46H2,1-12H3,(H,83,95)(H,84,98)/b17-16-/t47?,48-,49?,50?,52+,53?,54?,55-,56-,57-,58-,59-,60-,64?,65-,66-/m0/s1. The largest absolute Gasteiger partial charge is 0.397 e. The third-order valence-corrected chi connectivity index (χ3v) is 25.1. The molecule has 12 atom stereocenters. The smallest absolute Gasteiger partial charge is 0.377 e. The number of nitrogens with zero attached hydrogens (tertiary/aromatic N) is 10. The van der Waals surface area contributed by atoms with E-state index in [2.05, 4.69) is 17.6 Å². The molecule has 0 aromatic rings. The second-order valence-electron chi connectivity index (χ2n) is 32.3. The van der Waals surface area contributed by atoms with Gasteiger partial charge in [0.25, 0.3) is 0 Å². The summed E-state index contributed by atoms with van der Waals surface area (Å²) in [5.74, 6) is -12.5. The number of likely N-dealkylation sites (tertiary alicyclic amines) is 1. The molecule has 8 aliphatic rings. The molecule has 4 heterocycles. The molecule has 3 saturated heterocycles. The average molecular weight is 1520 g/mol. The Balaban J connectivity index is 1.21. The fraction of sp³-hybridized carbons (Fsp3) is 0.818. The first kappa shape index (κ1) is 85.6. The summed E-state index contributed by atoms with van der Waals surface area (Å²) in [6, 6.07) is -10.4. The number of alkyl halides is 5. The third-order valence-electron chi connectivity index (χ3n) is 25.1. The van der Waals surface area contributed by atoms with Crippen LogP contribution in [0.25, 0.3) is 0 Å². The van der Waals surface area contributed by atoms with Gasteiger partial charge in [0.15, 0.2) is 0 Å². The van der Waals surface area contributed by atoms with Crippen LogP contribution in [0.1, 0.15) is 195 Å². The van der Waals surface area contributed by atoms with Crippen LogP contribution >= 0.6 is 0 Å². The van der Waals surface area contributed by atoms with Gasteiger partial charge < -0.3 is 64.4 Å². The highest BCUT2D eigenvalue weighted by molar-refractivity contribution is 6.01. The van der Waals surface area contributed by atoms with Gasteiger partial charge in [0.05, 0.1) is 25.6 Å². The Hall–Kier alpha value is -7.01. The normalized spacial score (nSPS) is 32.8. The summed E-state index contributed by atoms with van der Waals surface area (Å²) in [7, 11) is 9.98. The summed E-state index contributed by atoms with van der Waals surface area (Å²) in [6.07, 6.45) is -1.13. The van der Waals surface area contributed by atoms with Crippen LogP contribution in [0, 0.1) is 35.5 Å². The van der Waals surface area contributed by atoms with Crippen LogP contribution in [0.15, 0.2) is 12.2 Å². The zero-order valence-corrected chi connectivity index (χ0v) is 65.3. The van der Waals surface area contributed by atoms with E-state index in [1.165, 1.54) is 88.5 Å². The van der Waals surface area contributed by atoms with Crippen molar-refractivity contribution in [2.24, 2.45) is 35.5 Å². The third kappa shape index (κ3) is 20.0. The number of carbonyl (C=O) groups is 12. The first-order valence-corrected chi connectivity index (χ1v) is 39.5. The number of amides is 12. The van der Waals surface area contributed by atoms with Crippen molar-refractivity contribution in [2.75, 3.05) is 95.2 Å². The molecule has 0 radical (unpaired) electrons. The lowest BCUT2D eigenvalue weighted by molar-refractivity contribution is -0.219. The van der Waals surface area contributed by atoms with Gasteiger partial charge in [-0.15, -0.1) is 0 Å². The minimum Gasteiger partial charge on any atom is -0.377 e. The van der Waals surface area contributed by atoms with Crippen molar-refractivity contribution in [3.63, 3.8) is 0 Å². The number of hydrogen-bond acceptors (Lipinski definition) is 13. The van der Waals surface area contributed by atoms with E-state index in [0.717, 1.165) is 30.6 Å². The maximum absolute atomic E-state index is 15.8.